The minimum atomic E-state index is -0.0706. The topological polar surface area (TPSA) is 80.5 Å². The summed E-state index contributed by atoms with van der Waals surface area (Å²) in [4.78, 5) is 23.8. The Morgan fingerprint density at radius 1 is 1.20 bits per heavy atom. The number of aryl methyl sites for hydroxylation is 1. The third-order valence-corrected chi connectivity index (χ3v) is 5.45. The molecule has 1 aromatic carbocycles. The number of esters is 1. The van der Waals surface area contributed by atoms with Crippen LogP contribution in [0.5, 0.6) is 0 Å². The predicted octanol–water partition coefficient (Wildman–Crippen LogP) is 3.92. The largest absolute Gasteiger partial charge is 0.466 e. The van der Waals surface area contributed by atoms with Crippen molar-refractivity contribution >= 4 is 22.7 Å². The van der Waals surface area contributed by atoms with Crippen LogP contribution in [-0.2, 0) is 22.6 Å². The van der Waals surface area contributed by atoms with Crippen LogP contribution in [0.25, 0.3) is 10.9 Å². The number of hydrogen-bond acceptors (Lipinski definition) is 7. The molecule has 0 bridgehead atoms. The number of fused-ring (bicyclic) bond motifs is 1. The van der Waals surface area contributed by atoms with Crippen molar-refractivity contribution in [2.45, 2.75) is 39.8 Å². The van der Waals surface area contributed by atoms with Crippen LogP contribution in [0.4, 0.5) is 5.82 Å². The molecule has 0 amide bonds. The summed E-state index contributed by atoms with van der Waals surface area (Å²) in [7, 11) is 0. The number of likely N-dealkylation sites (tertiary alicyclic amines) is 1. The Morgan fingerprint density at radius 3 is 2.73 bits per heavy atom. The van der Waals surface area contributed by atoms with Crippen molar-refractivity contribution in [1.29, 1.82) is 0 Å². The Balaban J connectivity index is 1.46. The molecule has 1 aliphatic rings. The second-order valence-corrected chi connectivity index (χ2v) is 7.67. The first-order valence-corrected chi connectivity index (χ1v) is 10.6. The first-order chi connectivity index (χ1) is 14.6. The lowest BCUT2D eigenvalue weighted by atomic mass is 9.97. The van der Waals surface area contributed by atoms with Crippen molar-refractivity contribution in [3.8, 4) is 0 Å². The second kappa shape index (κ2) is 9.26. The maximum Gasteiger partial charge on any atom is 0.309 e. The van der Waals surface area contributed by atoms with E-state index in [4.69, 9.17) is 19.1 Å². The third kappa shape index (κ3) is 4.79. The van der Waals surface area contributed by atoms with Crippen molar-refractivity contribution in [1.82, 2.24) is 14.9 Å². The summed E-state index contributed by atoms with van der Waals surface area (Å²) in [5, 5.41) is 4.40. The maximum atomic E-state index is 12.0. The van der Waals surface area contributed by atoms with Crippen LogP contribution in [0, 0.1) is 12.8 Å². The van der Waals surface area contributed by atoms with Crippen LogP contribution in [0.15, 0.2) is 40.8 Å². The average molecular weight is 409 g/mol. The number of para-hydroxylation sites is 1. The van der Waals surface area contributed by atoms with Gasteiger partial charge in [0.2, 0.25) is 0 Å². The summed E-state index contributed by atoms with van der Waals surface area (Å²) in [6.07, 6.45) is 1.63. The van der Waals surface area contributed by atoms with Gasteiger partial charge in [-0.2, -0.15) is 0 Å². The number of nitrogens with zero attached hydrogens (tertiary/aromatic N) is 3. The molecule has 1 aliphatic heterocycles. The van der Waals surface area contributed by atoms with Crippen molar-refractivity contribution in [2.75, 3.05) is 25.0 Å². The standard InChI is InChI=1S/C23H28N4O3/c1-3-29-23(28)17-10-12-27(13-11-17)15-21-25-20-7-5-4-6-19(20)22(26-21)24-14-18-9-8-16(2)30-18/h4-9,17H,3,10-15H2,1-2H3,(H,24,25,26). The highest BCUT2D eigenvalue weighted by Gasteiger charge is 2.26. The fourth-order valence-electron chi connectivity index (χ4n) is 3.87. The molecule has 7 heteroatoms. The SMILES string of the molecule is CCOC(=O)C1CCN(Cc2nc(NCc3ccc(C)o3)c3ccccc3n2)CC1. The molecule has 1 N–H and O–H groups in total. The number of aromatic nitrogens is 2. The highest BCUT2D eigenvalue weighted by atomic mass is 16.5. The molecule has 158 valence electrons. The Kier molecular flexibility index (Phi) is 6.28. The lowest BCUT2D eigenvalue weighted by Gasteiger charge is -2.30. The highest BCUT2D eigenvalue weighted by Crippen LogP contribution is 2.24. The normalized spacial score (nSPS) is 15.4. The number of ether oxygens (including phenoxy) is 1. The van der Waals surface area contributed by atoms with Gasteiger partial charge >= 0.3 is 5.97 Å². The summed E-state index contributed by atoms with van der Waals surface area (Å²) in [6, 6.07) is 12.0. The van der Waals surface area contributed by atoms with E-state index < -0.39 is 0 Å². The predicted molar refractivity (Wildman–Crippen MR) is 115 cm³/mol. The van der Waals surface area contributed by atoms with Gasteiger partial charge in [0, 0.05) is 5.39 Å². The molecule has 1 fully saturated rings. The first kappa shape index (κ1) is 20.3. The van der Waals surface area contributed by atoms with Crippen molar-refractivity contribution in [3.63, 3.8) is 0 Å². The van der Waals surface area contributed by atoms with Gasteiger partial charge in [0.15, 0.2) is 0 Å². The summed E-state index contributed by atoms with van der Waals surface area (Å²) in [5.41, 5.74) is 0.919. The second-order valence-electron chi connectivity index (χ2n) is 7.67. The van der Waals surface area contributed by atoms with Gasteiger partial charge in [-0.1, -0.05) is 12.1 Å². The number of hydrogen-bond donors (Lipinski definition) is 1. The van der Waals surface area contributed by atoms with E-state index in [1.54, 1.807) is 0 Å². The molecule has 3 heterocycles. The minimum absolute atomic E-state index is 0.00713. The number of nitrogens with one attached hydrogen (secondary N) is 1. The zero-order chi connectivity index (χ0) is 20.9. The molecular formula is C23H28N4O3. The molecule has 4 rings (SSSR count). The highest BCUT2D eigenvalue weighted by molar-refractivity contribution is 5.88. The maximum absolute atomic E-state index is 12.0. The Morgan fingerprint density at radius 2 is 2.00 bits per heavy atom. The van der Waals surface area contributed by atoms with E-state index in [1.165, 1.54) is 0 Å². The molecule has 2 aromatic heterocycles. The smallest absolute Gasteiger partial charge is 0.309 e. The molecule has 0 radical (unpaired) electrons. The van der Waals surface area contributed by atoms with Crippen LogP contribution >= 0.6 is 0 Å². The number of benzene rings is 1. The van der Waals surface area contributed by atoms with Crippen LogP contribution in [-0.4, -0.2) is 40.5 Å². The third-order valence-electron chi connectivity index (χ3n) is 5.45. The summed E-state index contributed by atoms with van der Waals surface area (Å²) in [6.45, 7) is 7.14. The fourth-order valence-corrected chi connectivity index (χ4v) is 3.87. The van der Waals surface area contributed by atoms with Crippen molar-refractivity contribution in [3.05, 3.63) is 53.7 Å². The lowest BCUT2D eigenvalue weighted by molar-refractivity contribution is -0.149. The molecular weight excluding hydrogens is 380 g/mol. The molecule has 1 saturated heterocycles. The van der Waals surface area contributed by atoms with E-state index in [0.29, 0.717) is 19.7 Å². The van der Waals surface area contributed by atoms with E-state index in [1.807, 2.05) is 50.2 Å². The number of rotatable bonds is 7. The van der Waals surface area contributed by atoms with E-state index in [9.17, 15) is 4.79 Å². The van der Waals surface area contributed by atoms with Crippen LogP contribution < -0.4 is 5.32 Å². The summed E-state index contributed by atoms with van der Waals surface area (Å²) < 4.78 is 10.8. The molecule has 0 spiro atoms. The van der Waals surface area contributed by atoms with Gasteiger partial charge in [0.25, 0.3) is 0 Å². The first-order valence-electron chi connectivity index (χ1n) is 10.6. The number of furan rings is 1. The molecule has 3 aromatic rings. The van der Waals surface area contributed by atoms with Crippen LogP contribution in [0.2, 0.25) is 0 Å². The molecule has 7 nitrogen and oxygen atoms in total. The molecule has 0 saturated carbocycles. The van der Waals surface area contributed by atoms with Crippen LogP contribution in [0.1, 0.15) is 37.1 Å². The average Bonchev–Trinajstić information content (AvgIpc) is 3.18. The van der Waals surface area contributed by atoms with Gasteiger partial charge < -0.3 is 14.5 Å². The van der Waals surface area contributed by atoms with Crippen molar-refractivity contribution < 1.29 is 13.9 Å². The Bertz CT molecular complexity index is 1010. The number of piperidine rings is 1. The van der Waals surface area contributed by atoms with Gasteiger partial charge in [-0.05, 0) is 64.0 Å². The molecule has 30 heavy (non-hydrogen) atoms. The molecule has 0 aliphatic carbocycles. The van der Waals surface area contributed by atoms with Gasteiger partial charge in [-0.15, -0.1) is 0 Å². The monoisotopic (exact) mass is 408 g/mol. The zero-order valence-electron chi connectivity index (χ0n) is 17.6. The fraction of sp³-hybridized carbons (Fsp3) is 0.435. The number of carbonyl (C=O) groups is 1. The van der Waals surface area contributed by atoms with Gasteiger partial charge in [-0.3, -0.25) is 9.69 Å². The van der Waals surface area contributed by atoms with Gasteiger partial charge in [0.1, 0.15) is 23.2 Å². The van der Waals surface area contributed by atoms with E-state index >= 15 is 0 Å². The zero-order valence-corrected chi connectivity index (χ0v) is 17.6. The lowest BCUT2D eigenvalue weighted by Crippen LogP contribution is -2.37. The number of anilines is 1. The molecule has 0 unspecified atom stereocenters. The quantitative estimate of drug-likeness (QED) is 0.594. The van der Waals surface area contributed by atoms with Gasteiger partial charge in [-0.25, -0.2) is 9.97 Å². The number of carbonyl (C=O) groups excluding carboxylic acids is 1. The van der Waals surface area contributed by atoms with Crippen LogP contribution in [0.3, 0.4) is 0 Å². The Labute approximate surface area is 176 Å². The molecule has 0 atom stereocenters. The van der Waals surface area contributed by atoms with Crippen molar-refractivity contribution in [2.24, 2.45) is 5.92 Å². The Hall–Kier alpha value is -2.93. The summed E-state index contributed by atoms with van der Waals surface area (Å²) >= 11 is 0. The van der Waals surface area contributed by atoms with E-state index in [2.05, 4.69) is 10.2 Å². The minimum Gasteiger partial charge on any atom is -0.466 e. The van der Waals surface area contributed by atoms with Gasteiger partial charge in [0.05, 0.1) is 31.1 Å². The van der Waals surface area contributed by atoms with E-state index in [-0.39, 0.29) is 11.9 Å². The summed E-state index contributed by atoms with van der Waals surface area (Å²) in [5.74, 6) is 3.29. The van der Waals surface area contributed by atoms with E-state index in [0.717, 1.165) is 60.0 Å².